The number of hydrogen-bond acceptors (Lipinski definition) is 3. The van der Waals surface area contributed by atoms with Crippen LogP contribution in [0.2, 0.25) is 0 Å². The standard InChI is InChI=1S/C21H27N3O2S.HI/c1-4-22-21(24-19-13-18(19)17-8-6-5-7-9-17)23-14-16-10-11-20(15(2)12-16)27(3,25)26;/h5-12,18-19H,4,13-14H2,1-3H3,(H2,22,23,24);1H. The first-order chi connectivity index (χ1) is 12.9. The van der Waals surface area contributed by atoms with Gasteiger partial charge in [-0.25, -0.2) is 13.4 Å². The van der Waals surface area contributed by atoms with E-state index in [1.165, 1.54) is 11.8 Å². The number of guanidine groups is 1. The Hall–Kier alpha value is -1.61. The number of hydrogen-bond donors (Lipinski definition) is 2. The predicted octanol–water partition coefficient (Wildman–Crippen LogP) is 3.63. The lowest BCUT2D eigenvalue weighted by Gasteiger charge is -2.12. The molecular formula is C21H28IN3O2S. The smallest absolute Gasteiger partial charge is 0.191 e. The Morgan fingerprint density at radius 2 is 1.89 bits per heavy atom. The van der Waals surface area contributed by atoms with Crippen LogP contribution in [0.1, 0.15) is 36.0 Å². The first kappa shape index (κ1) is 22.7. The molecule has 2 aromatic rings. The molecule has 28 heavy (non-hydrogen) atoms. The summed E-state index contributed by atoms with van der Waals surface area (Å²) >= 11 is 0. The number of rotatable bonds is 6. The third-order valence-corrected chi connectivity index (χ3v) is 6.00. The van der Waals surface area contributed by atoms with Gasteiger partial charge in [-0.05, 0) is 43.0 Å². The molecule has 152 valence electrons. The fraction of sp³-hybridized carbons (Fsp3) is 0.381. The van der Waals surface area contributed by atoms with Crippen LogP contribution in [0.4, 0.5) is 0 Å². The van der Waals surface area contributed by atoms with E-state index < -0.39 is 9.84 Å². The summed E-state index contributed by atoms with van der Waals surface area (Å²) < 4.78 is 23.5. The lowest BCUT2D eigenvalue weighted by atomic mass is 10.1. The maximum Gasteiger partial charge on any atom is 0.191 e. The van der Waals surface area contributed by atoms with Gasteiger partial charge in [0, 0.05) is 24.8 Å². The zero-order chi connectivity index (χ0) is 19.4. The molecule has 7 heteroatoms. The van der Waals surface area contributed by atoms with E-state index in [1.54, 1.807) is 6.07 Å². The third-order valence-electron chi connectivity index (χ3n) is 4.74. The molecule has 2 aromatic carbocycles. The highest BCUT2D eigenvalue weighted by molar-refractivity contribution is 14.0. The quantitative estimate of drug-likeness (QED) is 0.352. The fourth-order valence-electron chi connectivity index (χ4n) is 3.32. The number of nitrogens with zero attached hydrogens (tertiary/aromatic N) is 1. The summed E-state index contributed by atoms with van der Waals surface area (Å²) in [5.41, 5.74) is 3.11. The number of halogens is 1. The van der Waals surface area contributed by atoms with Crippen molar-refractivity contribution in [1.29, 1.82) is 0 Å². The van der Waals surface area contributed by atoms with Gasteiger partial charge < -0.3 is 10.6 Å². The van der Waals surface area contributed by atoms with E-state index >= 15 is 0 Å². The molecule has 0 radical (unpaired) electrons. The van der Waals surface area contributed by atoms with Crippen molar-refractivity contribution in [2.75, 3.05) is 12.8 Å². The molecular weight excluding hydrogens is 485 g/mol. The van der Waals surface area contributed by atoms with Gasteiger partial charge in [-0.1, -0.05) is 42.5 Å². The van der Waals surface area contributed by atoms with Crippen molar-refractivity contribution in [3.63, 3.8) is 0 Å². The molecule has 0 saturated heterocycles. The minimum absolute atomic E-state index is 0. The molecule has 0 amide bonds. The van der Waals surface area contributed by atoms with E-state index in [4.69, 9.17) is 0 Å². The molecule has 0 bridgehead atoms. The average Bonchev–Trinajstić information content (AvgIpc) is 3.39. The van der Waals surface area contributed by atoms with E-state index in [9.17, 15) is 8.42 Å². The second kappa shape index (κ2) is 9.73. The Bertz CT molecular complexity index is 930. The van der Waals surface area contributed by atoms with E-state index in [1.807, 2.05) is 32.0 Å². The Morgan fingerprint density at radius 1 is 1.18 bits per heavy atom. The molecule has 0 spiro atoms. The van der Waals surface area contributed by atoms with Gasteiger partial charge in [-0.15, -0.1) is 24.0 Å². The zero-order valence-electron chi connectivity index (χ0n) is 16.5. The van der Waals surface area contributed by atoms with Crippen LogP contribution >= 0.6 is 24.0 Å². The summed E-state index contributed by atoms with van der Waals surface area (Å²) in [4.78, 5) is 5.05. The maximum absolute atomic E-state index is 11.7. The van der Waals surface area contributed by atoms with Crippen molar-refractivity contribution in [3.8, 4) is 0 Å². The average molecular weight is 513 g/mol. The summed E-state index contributed by atoms with van der Waals surface area (Å²) in [6, 6.07) is 16.3. The van der Waals surface area contributed by atoms with Crippen LogP contribution in [0.25, 0.3) is 0 Å². The molecule has 3 rings (SSSR count). The van der Waals surface area contributed by atoms with Gasteiger partial charge in [0.1, 0.15) is 0 Å². The zero-order valence-corrected chi connectivity index (χ0v) is 19.6. The molecule has 2 unspecified atom stereocenters. The van der Waals surface area contributed by atoms with Crippen molar-refractivity contribution in [2.45, 2.75) is 43.7 Å². The van der Waals surface area contributed by atoms with Crippen LogP contribution < -0.4 is 10.6 Å². The molecule has 1 aliphatic rings. The fourth-order valence-corrected chi connectivity index (χ4v) is 4.27. The van der Waals surface area contributed by atoms with Crippen LogP contribution in [0.3, 0.4) is 0 Å². The number of benzene rings is 2. The Balaban J connectivity index is 0.00000280. The molecule has 5 nitrogen and oxygen atoms in total. The lowest BCUT2D eigenvalue weighted by Crippen LogP contribution is -2.39. The summed E-state index contributed by atoms with van der Waals surface area (Å²) in [6.45, 7) is 5.16. The van der Waals surface area contributed by atoms with Crippen LogP contribution in [0.5, 0.6) is 0 Å². The second-order valence-electron chi connectivity index (χ2n) is 7.07. The molecule has 2 N–H and O–H groups in total. The molecule has 1 saturated carbocycles. The van der Waals surface area contributed by atoms with Gasteiger partial charge >= 0.3 is 0 Å². The number of nitrogens with one attached hydrogen (secondary N) is 2. The summed E-state index contributed by atoms with van der Waals surface area (Å²) in [5, 5.41) is 6.79. The molecule has 0 aromatic heterocycles. The normalized spacial score (nSPS) is 18.9. The highest BCUT2D eigenvalue weighted by atomic mass is 127. The van der Waals surface area contributed by atoms with E-state index in [0.29, 0.717) is 23.4 Å². The highest BCUT2D eigenvalue weighted by Gasteiger charge is 2.38. The Morgan fingerprint density at radius 3 is 2.50 bits per heavy atom. The summed E-state index contributed by atoms with van der Waals surface area (Å²) in [6.07, 6.45) is 2.34. The van der Waals surface area contributed by atoms with E-state index in [-0.39, 0.29) is 24.0 Å². The van der Waals surface area contributed by atoms with E-state index in [0.717, 1.165) is 30.1 Å². The highest BCUT2D eigenvalue weighted by Crippen LogP contribution is 2.40. The maximum atomic E-state index is 11.7. The first-order valence-electron chi connectivity index (χ1n) is 9.28. The van der Waals surface area contributed by atoms with Gasteiger partial charge in [-0.3, -0.25) is 0 Å². The molecule has 2 atom stereocenters. The van der Waals surface area contributed by atoms with Gasteiger partial charge in [-0.2, -0.15) is 0 Å². The lowest BCUT2D eigenvalue weighted by molar-refractivity contribution is 0.601. The number of aliphatic imine (C=N–C) groups is 1. The van der Waals surface area contributed by atoms with Gasteiger partial charge in [0.05, 0.1) is 11.4 Å². The monoisotopic (exact) mass is 513 g/mol. The van der Waals surface area contributed by atoms with Gasteiger partial charge in [0.25, 0.3) is 0 Å². The van der Waals surface area contributed by atoms with Crippen LogP contribution in [0.15, 0.2) is 58.4 Å². The van der Waals surface area contributed by atoms with Crippen LogP contribution in [0, 0.1) is 6.92 Å². The van der Waals surface area contributed by atoms with Crippen molar-refractivity contribution in [3.05, 3.63) is 65.2 Å². The van der Waals surface area contributed by atoms with Crippen molar-refractivity contribution >= 4 is 39.8 Å². The Labute approximate surface area is 185 Å². The van der Waals surface area contributed by atoms with E-state index in [2.05, 4.69) is 39.9 Å². The minimum Gasteiger partial charge on any atom is -0.357 e. The minimum atomic E-state index is -3.19. The topological polar surface area (TPSA) is 70.6 Å². The number of aryl methyl sites for hydroxylation is 1. The van der Waals surface area contributed by atoms with Crippen molar-refractivity contribution < 1.29 is 8.42 Å². The van der Waals surface area contributed by atoms with Gasteiger partial charge in [0.2, 0.25) is 0 Å². The molecule has 1 fully saturated rings. The van der Waals surface area contributed by atoms with Gasteiger partial charge in [0.15, 0.2) is 15.8 Å². The molecule has 1 aliphatic carbocycles. The van der Waals surface area contributed by atoms with Crippen LogP contribution in [-0.2, 0) is 16.4 Å². The second-order valence-corrected chi connectivity index (χ2v) is 9.06. The Kier molecular flexibility index (Phi) is 7.88. The molecule has 0 heterocycles. The molecule has 0 aliphatic heterocycles. The van der Waals surface area contributed by atoms with Crippen molar-refractivity contribution in [2.24, 2.45) is 4.99 Å². The SMILES string of the molecule is CCNC(=NCc1ccc(S(C)(=O)=O)c(C)c1)NC1CC1c1ccccc1.I. The third kappa shape index (κ3) is 5.94. The predicted molar refractivity (Wildman–Crippen MR) is 125 cm³/mol. The number of sulfone groups is 1. The summed E-state index contributed by atoms with van der Waals surface area (Å²) in [7, 11) is -3.19. The van der Waals surface area contributed by atoms with Crippen LogP contribution in [-0.4, -0.2) is 33.2 Å². The largest absolute Gasteiger partial charge is 0.357 e. The summed E-state index contributed by atoms with van der Waals surface area (Å²) in [5.74, 6) is 1.33. The van der Waals surface area contributed by atoms with Crippen molar-refractivity contribution in [1.82, 2.24) is 10.6 Å². The first-order valence-corrected chi connectivity index (χ1v) is 11.2.